The van der Waals surface area contributed by atoms with E-state index in [4.69, 9.17) is 14.2 Å². The van der Waals surface area contributed by atoms with Crippen LogP contribution in [0.1, 0.15) is 245 Å². The highest BCUT2D eigenvalue weighted by molar-refractivity contribution is 5.71. The van der Waals surface area contributed by atoms with Crippen molar-refractivity contribution in [2.75, 3.05) is 13.2 Å². The molecule has 0 aliphatic heterocycles. The molecule has 6 heteroatoms. The van der Waals surface area contributed by atoms with Gasteiger partial charge in [0.25, 0.3) is 0 Å². The lowest BCUT2D eigenvalue weighted by molar-refractivity contribution is -0.167. The van der Waals surface area contributed by atoms with Crippen molar-refractivity contribution in [1.29, 1.82) is 0 Å². The minimum atomic E-state index is -0.808. The molecule has 6 nitrogen and oxygen atoms in total. The highest BCUT2D eigenvalue weighted by Gasteiger charge is 2.19. The molecule has 0 heterocycles. The molecule has 0 aromatic heterocycles. The lowest BCUT2D eigenvalue weighted by atomic mass is 10.1. The van der Waals surface area contributed by atoms with Gasteiger partial charge in [0.1, 0.15) is 13.2 Å². The van der Waals surface area contributed by atoms with Gasteiger partial charge in [-0.15, -0.1) is 0 Å². The Bertz CT molecular complexity index is 1720. The second kappa shape index (κ2) is 62.6. The third-order valence-corrected chi connectivity index (χ3v) is 12.3. The first-order valence-corrected chi connectivity index (χ1v) is 30.5. The van der Waals surface area contributed by atoms with Crippen LogP contribution in [0.5, 0.6) is 0 Å². The second-order valence-corrected chi connectivity index (χ2v) is 19.5. The number of hydrogen-bond donors (Lipinski definition) is 0. The SMILES string of the molecule is CC/C=C\C/C=C\C/C=C\C/C=C\C/C=C\C/C=C\C/C=C\C/C=C\C/C=C\CCCCCCCCCC(=O)OCC(COC(=O)CCCCCCCCCC)OC(=O)CCCC/C=C\C/C=C\C/C=C\C/C=C\CC. The van der Waals surface area contributed by atoms with Gasteiger partial charge >= 0.3 is 17.9 Å². The Kier molecular flexibility index (Phi) is 58.5. The fraction of sp³-hybridized carbons (Fsp3) is 0.586. The van der Waals surface area contributed by atoms with Crippen LogP contribution in [0, 0.1) is 0 Å². The number of ether oxygens (including phenoxy) is 3. The predicted octanol–water partition coefficient (Wildman–Crippen LogP) is 20.9. The monoisotopic (exact) mass is 1050 g/mol. The average molecular weight is 1050 g/mol. The average Bonchev–Trinajstić information content (AvgIpc) is 3.42. The molecule has 1 atom stereocenters. The summed E-state index contributed by atoms with van der Waals surface area (Å²) in [4.78, 5) is 38.0. The van der Waals surface area contributed by atoms with Crippen LogP contribution in [-0.4, -0.2) is 37.2 Å². The van der Waals surface area contributed by atoms with Gasteiger partial charge in [-0.1, -0.05) is 256 Å². The topological polar surface area (TPSA) is 78.9 Å². The molecule has 0 aliphatic rings. The van der Waals surface area contributed by atoms with Crippen molar-refractivity contribution in [3.63, 3.8) is 0 Å². The zero-order valence-corrected chi connectivity index (χ0v) is 48.7. The van der Waals surface area contributed by atoms with Gasteiger partial charge in [0.2, 0.25) is 0 Å². The molecular weight excluding hydrogens is 937 g/mol. The maximum atomic E-state index is 12.8. The molecular formula is C70H110O6. The first-order valence-electron chi connectivity index (χ1n) is 30.5. The summed E-state index contributed by atoms with van der Waals surface area (Å²) in [7, 11) is 0. The van der Waals surface area contributed by atoms with Gasteiger partial charge in [-0.2, -0.15) is 0 Å². The predicted molar refractivity (Wildman–Crippen MR) is 329 cm³/mol. The molecule has 0 aromatic carbocycles. The number of unbranched alkanes of at least 4 members (excludes halogenated alkanes) is 16. The van der Waals surface area contributed by atoms with Crippen molar-refractivity contribution < 1.29 is 28.6 Å². The third kappa shape index (κ3) is 59.9. The van der Waals surface area contributed by atoms with Crippen molar-refractivity contribution in [1.82, 2.24) is 0 Å². The van der Waals surface area contributed by atoms with E-state index in [1.807, 2.05) is 0 Å². The maximum Gasteiger partial charge on any atom is 0.306 e. The van der Waals surface area contributed by atoms with Gasteiger partial charge in [-0.25, -0.2) is 0 Å². The van der Waals surface area contributed by atoms with E-state index in [9.17, 15) is 14.4 Å². The molecule has 426 valence electrons. The van der Waals surface area contributed by atoms with Crippen LogP contribution in [-0.2, 0) is 28.6 Å². The number of rotatable bonds is 53. The molecule has 1 unspecified atom stereocenters. The van der Waals surface area contributed by atoms with E-state index in [0.717, 1.165) is 141 Å². The molecule has 76 heavy (non-hydrogen) atoms. The molecule has 0 bridgehead atoms. The first kappa shape index (κ1) is 71.0. The van der Waals surface area contributed by atoms with Gasteiger partial charge in [0.05, 0.1) is 0 Å². The first-order chi connectivity index (χ1) is 37.5. The van der Waals surface area contributed by atoms with Crippen LogP contribution in [0.3, 0.4) is 0 Å². The molecule has 0 saturated carbocycles. The molecule has 0 radical (unpaired) electrons. The molecule has 0 aliphatic carbocycles. The summed E-state index contributed by atoms with van der Waals surface area (Å²) in [6.07, 6.45) is 91.2. The highest BCUT2D eigenvalue weighted by Crippen LogP contribution is 2.13. The minimum Gasteiger partial charge on any atom is -0.462 e. The maximum absolute atomic E-state index is 12.8. The Hall–Kier alpha value is -4.97. The standard InChI is InChI=1S/C70H110O6/c1-4-7-10-13-16-19-21-23-25-26-27-28-29-30-31-32-33-34-35-36-37-38-39-40-41-42-43-44-46-47-49-51-54-57-60-63-69(72)75-66-67(65-74-68(71)62-59-56-53-18-15-12-9-6-3)76-70(73)64-61-58-55-52-50-48-45-24-22-20-17-14-11-8-5-2/h7-8,10-11,16-17,19-20,23-25,27-28,30-31,33-34,36-37,39-40,42-43,45,50,52,67H,4-6,9,12-15,18,21-22,26,29,32,35,38,41,44,46-49,51,53-66H2,1-3H3/b10-7-,11-8-,19-16-,20-17-,25-23-,28-27-,31-30-,34-33-,37-36-,40-39-,43-42-,45-24-,52-50-. The summed E-state index contributed by atoms with van der Waals surface area (Å²) in [6, 6.07) is 0. The summed E-state index contributed by atoms with van der Waals surface area (Å²) >= 11 is 0. The number of carbonyl (C=O) groups excluding carboxylic acids is 3. The fourth-order valence-electron chi connectivity index (χ4n) is 7.78. The van der Waals surface area contributed by atoms with Crippen molar-refractivity contribution >= 4 is 17.9 Å². The van der Waals surface area contributed by atoms with Crippen LogP contribution < -0.4 is 0 Å². The van der Waals surface area contributed by atoms with Crippen molar-refractivity contribution in [3.05, 3.63) is 158 Å². The molecule has 0 spiro atoms. The zero-order chi connectivity index (χ0) is 55.0. The van der Waals surface area contributed by atoms with E-state index in [1.165, 1.54) is 57.8 Å². The number of allylic oxidation sites excluding steroid dienone is 26. The van der Waals surface area contributed by atoms with E-state index in [1.54, 1.807) is 0 Å². The van der Waals surface area contributed by atoms with Crippen molar-refractivity contribution in [2.24, 2.45) is 0 Å². The largest absolute Gasteiger partial charge is 0.462 e. The van der Waals surface area contributed by atoms with Gasteiger partial charge in [0.15, 0.2) is 6.10 Å². The fourth-order valence-corrected chi connectivity index (χ4v) is 7.78. The van der Waals surface area contributed by atoms with Crippen molar-refractivity contribution in [2.45, 2.75) is 252 Å². The van der Waals surface area contributed by atoms with Crippen LogP contribution in [0.25, 0.3) is 0 Å². The summed E-state index contributed by atoms with van der Waals surface area (Å²) in [5, 5.41) is 0. The lowest BCUT2D eigenvalue weighted by Gasteiger charge is -2.18. The Balaban J connectivity index is 4.22. The van der Waals surface area contributed by atoms with Crippen LogP contribution in [0.2, 0.25) is 0 Å². The van der Waals surface area contributed by atoms with E-state index in [2.05, 4.69) is 179 Å². The summed E-state index contributed by atoms with van der Waals surface area (Å²) in [5.41, 5.74) is 0. The molecule has 0 rings (SSSR count). The number of esters is 3. The molecule has 0 aromatic rings. The third-order valence-electron chi connectivity index (χ3n) is 12.3. The Morgan fingerprint density at radius 1 is 0.276 bits per heavy atom. The van der Waals surface area contributed by atoms with Gasteiger partial charge in [-0.05, 0) is 128 Å². The Morgan fingerprint density at radius 2 is 0.513 bits per heavy atom. The smallest absolute Gasteiger partial charge is 0.306 e. The molecule has 0 amide bonds. The van der Waals surface area contributed by atoms with Crippen molar-refractivity contribution in [3.8, 4) is 0 Å². The lowest BCUT2D eigenvalue weighted by Crippen LogP contribution is -2.30. The summed E-state index contributed by atoms with van der Waals surface area (Å²) < 4.78 is 16.7. The van der Waals surface area contributed by atoms with E-state index in [-0.39, 0.29) is 37.5 Å². The van der Waals surface area contributed by atoms with Crippen LogP contribution in [0.15, 0.2) is 158 Å². The van der Waals surface area contributed by atoms with Crippen LogP contribution >= 0.6 is 0 Å². The van der Waals surface area contributed by atoms with E-state index >= 15 is 0 Å². The Morgan fingerprint density at radius 3 is 0.829 bits per heavy atom. The van der Waals surface area contributed by atoms with E-state index in [0.29, 0.717) is 19.3 Å². The summed E-state index contributed by atoms with van der Waals surface area (Å²) in [6.45, 7) is 6.32. The Labute approximate surface area is 467 Å². The van der Waals surface area contributed by atoms with Gasteiger partial charge in [-0.3, -0.25) is 14.4 Å². The molecule has 0 N–H and O–H groups in total. The normalized spacial score (nSPS) is 13.2. The van der Waals surface area contributed by atoms with Gasteiger partial charge < -0.3 is 14.2 Å². The number of hydrogen-bond acceptors (Lipinski definition) is 6. The van der Waals surface area contributed by atoms with E-state index < -0.39 is 6.10 Å². The minimum absolute atomic E-state index is 0.102. The summed E-state index contributed by atoms with van der Waals surface area (Å²) in [5.74, 6) is -0.968. The molecule has 0 fully saturated rings. The quantitative estimate of drug-likeness (QED) is 0.0261. The molecule has 0 saturated heterocycles. The van der Waals surface area contributed by atoms with Gasteiger partial charge in [0, 0.05) is 19.3 Å². The zero-order valence-electron chi connectivity index (χ0n) is 48.7. The second-order valence-electron chi connectivity index (χ2n) is 19.5. The number of carbonyl (C=O) groups is 3. The highest BCUT2D eigenvalue weighted by atomic mass is 16.6. The van der Waals surface area contributed by atoms with Crippen LogP contribution in [0.4, 0.5) is 0 Å².